The molecule has 0 saturated heterocycles. The number of ether oxygens (including phenoxy) is 4. The maximum absolute atomic E-state index is 13.1. The average molecular weight is 498 g/mol. The number of hydrogen-bond acceptors (Lipinski definition) is 6. The Bertz CT molecular complexity index is 1480. The number of rotatable bonds is 3. The molecule has 2 aliphatic rings. The van der Waals surface area contributed by atoms with E-state index in [1.54, 1.807) is 13.2 Å². The molecule has 0 N–H and O–H groups in total. The molecule has 4 aromatic rings. The van der Waals surface area contributed by atoms with Crippen molar-refractivity contribution in [1.82, 2.24) is 4.57 Å². The largest absolute Gasteiger partial charge is 0.493 e. The minimum absolute atomic E-state index is 0.0349. The van der Waals surface area contributed by atoms with E-state index in [9.17, 15) is 4.79 Å². The Morgan fingerprint density at radius 3 is 2.62 bits per heavy atom. The summed E-state index contributed by atoms with van der Waals surface area (Å²) in [6.45, 7) is 4.78. The van der Waals surface area contributed by atoms with E-state index in [1.807, 2.05) is 36.6 Å². The molecular formula is C24H20BrNO6. The van der Waals surface area contributed by atoms with Gasteiger partial charge in [0.2, 0.25) is 6.79 Å². The lowest BCUT2D eigenvalue weighted by Gasteiger charge is -2.23. The molecule has 6 rings (SSSR count). The number of halogens is 1. The summed E-state index contributed by atoms with van der Waals surface area (Å²) in [6, 6.07) is 7.62. The zero-order chi connectivity index (χ0) is 22.1. The first kappa shape index (κ1) is 19.5. The van der Waals surface area contributed by atoms with E-state index in [1.165, 1.54) is 0 Å². The molecule has 0 fully saturated rings. The van der Waals surface area contributed by atoms with Gasteiger partial charge in [-0.25, -0.2) is 4.79 Å². The standard InChI is InChI=1S/C24H20BrNO6/c1-11(2)31-19-6-12-4-5-26-22(13(12)7-16(19)28-3)21(25)20-14-8-17-18(30-10-29-17)9-15(14)32-24(27)23(20)26/h6-9,11H,4-5,10H2,1-3H3. The molecule has 32 heavy (non-hydrogen) atoms. The first-order valence-corrected chi connectivity index (χ1v) is 11.2. The number of aryl methyl sites for hydroxylation is 2. The van der Waals surface area contributed by atoms with Gasteiger partial charge in [0.25, 0.3) is 0 Å². The Labute approximate surface area is 191 Å². The Balaban J connectivity index is 1.66. The summed E-state index contributed by atoms with van der Waals surface area (Å²) in [7, 11) is 1.63. The van der Waals surface area contributed by atoms with Gasteiger partial charge >= 0.3 is 5.63 Å². The summed E-state index contributed by atoms with van der Waals surface area (Å²) in [5.74, 6) is 2.59. The Morgan fingerprint density at radius 1 is 1.09 bits per heavy atom. The fourth-order valence-corrected chi connectivity index (χ4v) is 5.48. The summed E-state index contributed by atoms with van der Waals surface area (Å²) < 4.78 is 31.2. The van der Waals surface area contributed by atoms with Gasteiger partial charge in [-0.2, -0.15) is 0 Å². The highest BCUT2D eigenvalue weighted by atomic mass is 79.9. The fraction of sp³-hybridized carbons (Fsp3) is 0.292. The highest BCUT2D eigenvalue weighted by Gasteiger charge is 2.29. The molecule has 0 amide bonds. The minimum Gasteiger partial charge on any atom is -0.493 e. The van der Waals surface area contributed by atoms with Crippen LogP contribution in [0.5, 0.6) is 23.0 Å². The van der Waals surface area contributed by atoms with Crippen LogP contribution in [0.3, 0.4) is 0 Å². The van der Waals surface area contributed by atoms with Crippen LogP contribution in [-0.4, -0.2) is 24.6 Å². The fourth-order valence-electron chi connectivity index (χ4n) is 4.65. The van der Waals surface area contributed by atoms with Gasteiger partial charge in [-0.3, -0.25) is 0 Å². The van der Waals surface area contributed by atoms with Gasteiger partial charge in [-0.15, -0.1) is 0 Å². The van der Waals surface area contributed by atoms with Crippen molar-refractivity contribution < 1.29 is 23.4 Å². The van der Waals surface area contributed by atoms with Gasteiger partial charge in [0.1, 0.15) is 11.1 Å². The number of fused-ring (bicyclic) bond motifs is 8. The highest BCUT2D eigenvalue weighted by Crippen LogP contribution is 2.47. The van der Waals surface area contributed by atoms with Crippen LogP contribution in [0.2, 0.25) is 0 Å². The van der Waals surface area contributed by atoms with Crippen LogP contribution in [0.15, 0.2) is 37.9 Å². The molecule has 2 aromatic carbocycles. The molecule has 0 aliphatic carbocycles. The zero-order valence-corrected chi connectivity index (χ0v) is 19.4. The van der Waals surface area contributed by atoms with Crippen molar-refractivity contribution in [2.24, 2.45) is 0 Å². The minimum atomic E-state index is -0.381. The van der Waals surface area contributed by atoms with Crippen LogP contribution in [0.4, 0.5) is 0 Å². The number of methoxy groups -OCH3 is 1. The van der Waals surface area contributed by atoms with Crippen molar-refractivity contribution in [2.75, 3.05) is 13.9 Å². The smallest absolute Gasteiger partial charge is 0.361 e. The Hall–Kier alpha value is -3.13. The van der Waals surface area contributed by atoms with Crippen molar-refractivity contribution in [3.63, 3.8) is 0 Å². The van der Waals surface area contributed by atoms with Crippen LogP contribution in [0, 0.1) is 0 Å². The van der Waals surface area contributed by atoms with Crippen LogP contribution in [0.25, 0.3) is 33.1 Å². The lowest BCUT2D eigenvalue weighted by molar-refractivity contribution is 0.174. The molecule has 0 saturated carbocycles. The van der Waals surface area contributed by atoms with Gasteiger partial charge in [0.15, 0.2) is 23.0 Å². The van der Waals surface area contributed by atoms with Crippen molar-refractivity contribution in [3.8, 4) is 34.3 Å². The second-order valence-corrected chi connectivity index (χ2v) is 9.00. The lowest BCUT2D eigenvalue weighted by Crippen LogP contribution is -2.15. The summed E-state index contributed by atoms with van der Waals surface area (Å²) >= 11 is 3.80. The molecule has 0 spiro atoms. The summed E-state index contributed by atoms with van der Waals surface area (Å²) in [4.78, 5) is 13.1. The zero-order valence-electron chi connectivity index (χ0n) is 17.8. The monoisotopic (exact) mass is 497 g/mol. The van der Waals surface area contributed by atoms with Crippen molar-refractivity contribution >= 4 is 37.8 Å². The molecule has 2 aliphatic heterocycles. The van der Waals surface area contributed by atoms with Crippen LogP contribution >= 0.6 is 15.9 Å². The van der Waals surface area contributed by atoms with E-state index in [4.69, 9.17) is 23.4 Å². The maximum atomic E-state index is 13.1. The quantitative estimate of drug-likeness (QED) is 0.359. The van der Waals surface area contributed by atoms with Gasteiger partial charge in [0, 0.05) is 28.9 Å². The molecular weight excluding hydrogens is 478 g/mol. The average Bonchev–Trinajstić information content (AvgIpc) is 3.34. The third-order valence-corrected chi connectivity index (χ3v) is 6.73. The summed E-state index contributed by atoms with van der Waals surface area (Å²) in [6.07, 6.45) is 0.794. The molecule has 0 atom stereocenters. The predicted molar refractivity (Wildman–Crippen MR) is 123 cm³/mol. The molecule has 4 heterocycles. The molecule has 0 bridgehead atoms. The Kier molecular flexibility index (Phi) is 4.24. The number of aromatic nitrogens is 1. The SMILES string of the molecule is COc1cc2c(cc1OC(C)C)CCn1c-2c(Br)c2c3cc4c(cc3oc(=O)c21)OCO4. The first-order valence-electron chi connectivity index (χ1n) is 10.4. The summed E-state index contributed by atoms with van der Waals surface area (Å²) in [5, 5.41) is 1.60. The Morgan fingerprint density at radius 2 is 1.88 bits per heavy atom. The van der Waals surface area contributed by atoms with Crippen LogP contribution in [-0.2, 0) is 13.0 Å². The van der Waals surface area contributed by atoms with Crippen LogP contribution < -0.4 is 24.6 Å². The predicted octanol–water partition coefficient (Wildman–Crippen LogP) is 5.26. The van der Waals surface area contributed by atoms with E-state index in [0.29, 0.717) is 34.9 Å². The topological polar surface area (TPSA) is 72.1 Å². The van der Waals surface area contributed by atoms with Gasteiger partial charge in [-0.1, -0.05) is 0 Å². The van der Waals surface area contributed by atoms with E-state index in [2.05, 4.69) is 15.9 Å². The second kappa shape index (κ2) is 6.93. The number of hydrogen-bond donors (Lipinski definition) is 0. The molecule has 0 radical (unpaired) electrons. The lowest BCUT2D eigenvalue weighted by atomic mass is 9.97. The molecule has 2 aromatic heterocycles. The van der Waals surface area contributed by atoms with Gasteiger partial charge in [-0.05, 0) is 60.0 Å². The summed E-state index contributed by atoms with van der Waals surface area (Å²) in [5.41, 5.74) is 3.69. The van der Waals surface area contributed by atoms with Crippen molar-refractivity contribution in [1.29, 1.82) is 0 Å². The van der Waals surface area contributed by atoms with Crippen molar-refractivity contribution in [3.05, 3.63) is 44.7 Å². The third kappa shape index (κ3) is 2.68. The molecule has 0 unspecified atom stereocenters. The van der Waals surface area contributed by atoms with Crippen molar-refractivity contribution in [2.45, 2.75) is 32.9 Å². The third-order valence-electron chi connectivity index (χ3n) is 5.96. The first-order chi connectivity index (χ1) is 15.5. The van der Waals surface area contributed by atoms with E-state index < -0.39 is 0 Å². The number of benzene rings is 2. The van der Waals surface area contributed by atoms with Crippen LogP contribution in [0.1, 0.15) is 19.4 Å². The molecule has 8 heteroatoms. The highest BCUT2D eigenvalue weighted by molar-refractivity contribution is 9.10. The van der Waals surface area contributed by atoms with E-state index >= 15 is 0 Å². The second-order valence-electron chi connectivity index (χ2n) is 8.21. The van der Waals surface area contributed by atoms with Gasteiger partial charge < -0.3 is 27.9 Å². The van der Waals surface area contributed by atoms with Gasteiger partial charge in [0.05, 0.1) is 23.4 Å². The normalized spacial score (nSPS) is 14.2. The van der Waals surface area contributed by atoms with E-state index in [0.717, 1.165) is 44.2 Å². The number of nitrogens with zero attached hydrogens (tertiary/aromatic N) is 1. The van der Waals surface area contributed by atoms with E-state index in [-0.39, 0.29) is 18.5 Å². The molecule has 7 nitrogen and oxygen atoms in total. The molecule has 164 valence electrons. The maximum Gasteiger partial charge on any atom is 0.361 e.